The highest BCUT2D eigenvalue weighted by molar-refractivity contribution is 7.80. The van der Waals surface area contributed by atoms with Gasteiger partial charge in [0.25, 0.3) is 11.5 Å². The molecule has 2 aromatic rings. The van der Waals surface area contributed by atoms with Crippen molar-refractivity contribution < 1.29 is 18.0 Å². The van der Waals surface area contributed by atoms with E-state index in [0.717, 1.165) is 22.8 Å². The predicted molar refractivity (Wildman–Crippen MR) is 103 cm³/mol. The van der Waals surface area contributed by atoms with E-state index in [9.17, 15) is 22.8 Å². The van der Waals surface area contributed by atoms with E-state index < -0.39 is 23.2 Å². The summed E-state index contributed by atoms with van der Waals surface area (Å²) in [7, 11) is 0. The summed E-state index contributed by atoms with van der Waals surface area (Å²) in [5.74, 6) is -0.569. The van der Waals surface area contributed by atoms with Crippen LogP contribution in [0.25, 0.3) is 0 Å². The van der Waals surface area contributed by atoms with Crippen LogP contribution in [0.5, 0.6) is 0 Å². The number of amides is 1. The zero-order valence-electron chi connectivity index (χ0n) is 14.5. The van der Waals surface area contributed by atoms with Gasteiger partial charge in [0.15, 0.2) is 5.11 Å². The molecular weight excluding hydrogens is 393 g/mol. The number of rotatable bonds is 5. The van der Waals surface area contributed by atoms with Gasteiger partial charge >= 0.3 is 6.18 Å². The van der Waals surface area contributed by atoms with Crippen LogP contribution in [0.3, 0.4) is 0 Å². The molecule has 0 aliphatic carbocycles. The molecule has 10 heteroatoms. The van der Waals surface area contributed by atoms with E-state index in [1.54, 1.807) is 6.08 Å². The number of hydrogen-bond donors (Lipinski definition) is 3. The Balaban J connectivity index is 2.13. The monoisotopic (exact) mass is 410 g/mol. The van der Waals surface area contributed by atoms with Gasteiger partial charge in [-0.15, -0.1) is 6.58 Å². The van der Waals surface area contributed by atoms with Gasteiger partial charge in [-0.3, -0.25) is 20.4 Å². The van der Waals surface area contributed by atoms with Gasteiger partial charge in [0.1, 0.15) is 0 Å². The van der Waals surface area contributed by atoms with Gasteiger partial charge in [-0.05, 0) is 36.0 Å². The van der Waals surface area contributed by atoms with Gasteiger partial charge in [0, 0.05) is 18.8 Å². The van der Waals surface area contributed by atoms with Crippen LogP contribution in [0.4, 0.5) is 13.2 Å². The van der Waals surface area contributed by atoms with Crippen LogP contribution in [0, 0.1) is 0 Å². The summed E-state index contributed by atoms with van der Waals surface area (Å²) >= 11 is 4.93. The van der Waals surface area contributed by atoms with Crippen molar-refractivity contribution in [3.8, 4) is 0 Å². The number of aromatic nitrogens is 1. The SMILES string of the molecule is C=CCNC(=S)NNC(=O)c1ccc(=O)n(Cc2cccc(C(F)(F)F)c2)c1. The minimum Gasteiger partial charge on any atom is -0.358 e. The third-order valence-electron chi connectivity index (χ3n) is 3.55. The first-order chi connectivity index (χ1) is 13.2. The summed E-state index contributed by atoms with van der Waals surface area (Å²) in [6.45, 7) is 3.81. The van der Waals surface area contributed by atoms with Crippen LogP contribution in [0.15, 0.2) is 60.0 Å². The maximum Gasteiger partial charge on any atom is 0.416 e. The van der Waals surface area contributed by atoms with Crippen LogP contribution in [0.2, 0.25) is 0 Å². The summed E-state index contributed by atoms with van der Waals surface area (Å²) < 4.78 is 39.7. The molecule has 1 heterocycles. The lowest BCUT2D eigenvalue weighted by Gasteiger charge is -2.12. The molecule has 0 spiro atoms. The van der Waals surface area contributed by atoms with Gasteiger partial charge in [0.2, 0.25) is 0 Å². The number of nitrogens with zero attached hydrogens (tertiary/aromatic N) is 1. The van der Waals surface area contributed by atoms with Crippen molar-refractivity contribution in [3.63, 3.8) is 0 Å². The molecule has 28 heavy (non-hydrogen) atoms. The second-order valence-electron chi connectivity index (χ2n) is 5.66. The van der Waals surface area contributed by atoms with Crippen molar-refractivity contribution in [2.45, 2.75) is 12.7 Å². The van der Waals surface area contributed by atoms with E-state index in [1.165, 1.54) is 24.4 Å². The molecule has 0 saturated heterocycles. The lowest BCUT2D eigenvalue weighted by Crippen LogP contribution is -2.46. The minimum atomic E-state index is -4.48. The number of benzene rings is 1. The third kappa shape index (κ3) is 5.95. The molecule has 1 amide bonds. The van der Waals surface area contributed by atoms with Crippen LogP contribution in [-0.4, -0.2) is 22.1 Å². The second-order valence-corrected chi connectivity index (χ2v) is 6.07. The molecule has 0 aliphatic rings. The topological polar surface area (TPSA) is 75.2 Å². The zero-order valence-corrected chi connectivity index (χ0v) is 15.4. The zero-order chi connectivity index (χ0) is 20.7. The Labute approximate surface area is 164 Å². The average molecular weight is 410 g/mol. The molecular formula is C18H17F3N4O2S. The Hall–Kier alpha value is -3.14. The number of hydrogen-bond acceptors (Lipinski definition) is 3. The molecule has 0 unspecified atom stereocenters. The van der Waals surface area contributed by atoms with E-state index in [4.69, 9.17) is 12.2 Å². The molecule has 0 fully saturated rings. The largest absolute Gasteiger partial charge is 0.416 e. The van der Waals surface area contributed by atoms with Gasteiger partial charge in [-0.25, -0.2) is 0 Å². The van der Waals surface area contributed by atoms with E-state index in [2.05, 4.69) is 22.7 Å². The van der Waals surface area contributed by atoms with Crippen molar-refractivity contribution in [1.82, 2.24) is 20.7 Å². The van der Waals surface area contributed by atoms with Gasteiger partial charge in [0.05, 0.1) is 17.7 Å². The third-order valence-corrected chi connectivity index (χ3v) is 3.80. The standard InChI is InChI=1S/C18H17F3N4O2S/c1-2-8-22-17(28)24-23-16(27)13-6-7-15(26)25(11-13)10-12-4-3-5-14(9-12)18(19,20)21/h2-7,9,11H,1,8,10H2,(H,23,27)(H2,22,24,28). The fraction of sp³-hybridized carbons (Fsp3) is 0.167. The molecule has 3 N–H and O–H groups in total. The molecule has 1 aromatic carbocycles. The lowest BCUT2D eigenvalue weighted by molar-refractivity contribution is -0.137. The fourth-order valence-corrected chi connectivity index (χ4v) is 2.36. The van der Waals surface area contributed by atoms with E-state index in [0.29, 0.717) is 6.54 Å². The second kappa shape index (κ2) is 9.18. The summed E-state index contributed by atoms with van der Waals surface area (Å²) in [4.78, 5) is 24.2. The first-order valence-electron chi connectivity index (χ1n) is 8.02. The maximum absolute atomic E-state index is 12.8. The van der Waals surface area contributed by atoms with Crippen LogP contribution in [-0.2, 0) is 12.7 Å². The number of carbonyl (C=O) groups excluding carboxylic acids is 1. The first-order valence-corrected chi connectivity index (χ1v) is 8.43. The van der Waals surface area contributed by atoms with Gasteiger partial charge in [-0.2, -0.15) is 13.2 Å². The molecule has 148 valence electrons. The molecule has 0 bridgehead atoms. The highest BCUT2D eigenvalue weighted by Gasteiger charge is 2.30. The molecule has 0 radical (unpaired) electrons. The molecule has 0 atom stereocenters. The van der Waals surface area contributed by atoms with Crippen LogP contribution >= 0.6 is 12.2 Å². The van der Waals surface area contributed by atoms with Crippen LogP contribution in [0.1, 0.15) is 21.5 Å². The van der Waals surface area contributed by atoms with E-state index >= 15 is 0 Å². The van der Waals surface area contributed by atoms with Crippen molar-refractivity contribution in [3.05, 3.63) is 82.3 Å². The minimum absolute atomic E-state index is 0.114. The molecule has 6 nitrogen and oxygen atoms in total. The van der Waals surface area contributed by atoms with Crippen molar-refractivity contribution in [2.75, 3.05) is 6.54 Å². The van der Waals surface area contributed by atoms with Crippen molar-refractivity contribution in [1.29, 1.82) is 0 Å². The Morgan fingerprint density at radius 3 is 2.64 bits per heavy atom. The van der Waals surface area contributed by atoms with E-state index in [-0.39, 0.29) is 22.8 Å². The smallest absolute Gasteiger partial charge is 0.358 e. The molecule has 1 aromatic heterocycles. The number of thiocarbonyl (C=S) groups is 1. The summed E-state index contributed by atoms with van der Waals surface area (Å²) in [6.07, 6.45) is -1.63. The highest BCUT2D eigenvalue weighted by atomic mass is 32.1. The number of carbonyl (C=O) groups is 1. The fourth-order valence-electron chi connectivity index (χ4n) is 2.23. The van der Waals surface area contributed by atoms with Gasteiger partial charge < -0.3 is 9.88 Å². The number of halogens is 3. The quantitative estimate of drug-likeness (QED) is 0.400. The number of nitrogens with one attached hydrogen (secondary N) is 3. The Morgan fingerprint density at radius 2 is 1.96 bits per heavy atom. The van der Waals surface area contributed by atoms with Crippen molar-refractivity contribution in [2.24, 2.45) is 0 Å². The number of pyridine rings is 1. The number of hydrazine groups is 1. The highest BCUT2D eigenvalue weighted by Crippen LogP contribution is 2.29. The Morgan fingerprint density at radius 1 is 1.21 bits per heavy atom. The van der Waals surface area contributed by atoms with Crippen LogP contribution < -0.4 is 21.7 Å². The maximum atomic E-state index is 12.8. The summed E-state index contributed by atoms with van der Waals surface area (Å²) in [5, 5.41) is 2.92. The predicted octanol–water partition coefficient (Wildman–Crippen LogP) is 2.21. The van der Waals surface area contributed by atoms with Crippen molar-refractivity contribution >= 4 is 23.2 Å². The van der Waals surface area contributed by atoms with Gasteiger partial charge in [-0.1, -0.05) is 18.2 Å². The molecule has 0 aliphatic heterocycles. The van der Waals surface area contributed by atoms with E-state index in [1.807, 2.05) is 0 Å². The summed E-state index contributed by atoms with van der Waals surface area (Å²) in [5.41, 5.74) is 3.99. The Kier molecular flexibility index (Phi) is 6.94. The molecule has 0 saturated carbocycles. The molecule has 2 rings (SSSR count). The number of alkyl halides is 3. The summed E-state index contributed by atoms with van der Waals surface area (Å²) in [6, 6.07) is 7.12. The average Bonchev–Trinajstić information content (AvgIpc) is 2.65. The Bertz CT molecular complexity index is 941. The first kappa shape index (κ1) is 21.2. The normalized spacial score (nSPS) is 10.8. The lowest BCUT2D eigenvalue weighted by atomic mass is 10.1.